The Morgan fingerprint density at radius 3 is 2.55 bits per heavy atom. The zero-order valence-electron chi connectivity index (χ0n) is 12.6. The zero-order valence-corrected chi connectivity index (χ0v) is 13.4. The number of benzene rings is 1. The molecule has 0 amide bonds. The number of nitrogens with zero attached hydrogens (tertiary/aromatic N) is 2. The Morgan fingerprint density at radius 1 is 1.14 bits per heavy atom. The molecule has 0 unspecified atom stereocenters. The van der Waals surface area contributed by atoms with E-state index in [9.17, 15) is 8.42 Å². The van der Waals surface area contributed by atoms with E-state index >= 15 is 0 Å². The van der Waals surface area contributed by atoms with Crippen molar-refractivity contribution in [1.82, 2.24) is 8.87 Å². The van der Waals surface area contributed by atoms with Crippen molar-refractivity contribution in [3.63, 3.8) is 0 Å². The molecule has 5 nitrogen and oxygen atoms in total. The van der Waals surface area contributed by atoms with Gasteiger partial charge in [-0.3, -0.25) is 0 Å². The Bertz CT molecular complexity index is 877. The van der Waals surface area contributed by atoms with Gasteiger partial charge in [0.05, 0.1) is 11.2 Å². The van der Waals surface area contributed by atoms with Gasteiger partial charge in [-0.1, -0.05) is 18.2 Å². The maximum Gasteiger partial charge on any atom is 0.268 e. The molecule has 3 rings (SSSR count). The molecule has 0 N–H and O–H groups in total. The summed E-state index contributed by atoms with van der Waals surface area (Å²) in [7, 11) is 0.356. The van der Waals surface area contributed by atoms with Gasteiger partial charge in [0, 0.05) is 24.4 Å². The number of likely N-dealkylation sites (N-methyl/N-ethyl adjacent to an activating group) is 1. The van der Waals surface area contributed by atoms with Gasteiger partial charge in [-0.15, -0.1) is 0 Å². The summed E-state index contributed by atoms with van der Waals surface area (Å²) in [4.78, 5) is 2.32. The van der Waals surface area contributed by atoms with Gasteiger partial charge in [-0.05, 0) is 32.6 Å². The first kappa shape index (κ1) is 14.9. The topological polar surface area (TPSA) is 55.5 Å². The van der Waals surface area contributed by atoms with Crippen LogP contribution in [0.25, 0.3) is 11.1 Å². The molecule has 0 aliphatic carbocycles. The third-order valence-corrected chi connectivity index (χ3v) is 5.26. The van der Waals surface area contributed by atoms with Gasteiger partial charge in [-0.2, -0.15) is 0 Å². The molecular formula is C16H18N2O3S. The smallest absolute Gasteiger partial charge is 0.268 e. The molecular weight excluding hydrogens is 300 g/mol. The van der Waals surface area contributed by atoms with Crippen molar-refractivity contribution in [2.24, 2.45) is 0 Å². The second-order valence-electron chi connectivity index (χ2n) is 5.46. The van der Waals surface area contributed by atoms with Gasteiger partial charge in [0.1, 0.15) is 5.52 Å². The fourth-order valence-electron chi connectivity index (χ4n) is 2.41. The SMILES string of the molecule is CN(C)CCc1cn(S(=O)(=O)c2ccccc2)c2ccoc12. The number of hydrogen-bond acceptors (Lipinski definition) is 4. The van der Waals surface area contributed by atoms with Crippen LogP contribution < -0.4 is 0 Å². The van der Waals surface area contributed by atoms with Gasteiger partial charge in [0.25, 0.3) is 10.0 Å². The van der Waals surface area contributed by atoms with E-state index < -0.39 is 10.0 Å². The van der Waals surface area contributed by atoms with E-state index in [2.05, 4.69) is 4.90 Å². The van der Waals surface area contributed by atoms with Crippen LogP contribution in [0.5, 0.6) is 0 Å². The molecule has 0 aliphatic rings. The summed E-state index contributed by atoms with van der Waals surface area (Å²) in [5.74, 6) is 0. The predicted octanol–water partition coefficient (Wildman–Crippen LogP) is 2.58. The third kappa shape index (κ3) is 2.55. The molecule has 0 fully saturated rings. The summed E-state index contributed by atoms with van der Waals surface area (Å²) >= 11 is 0. The number of fused-ring (bicyclic) bond motifs is 1. The lowest BCUT2D eigenvalue weighted by atomic mass is 10.2. The highest BCUT2D eigenvalue weighted by molar-refractivity contribution is 7.90. The van der Waals surface area contributed by atoms with Crippen LogP contribution in [0.1, 0.15) is 5.56 Å². The largest absolute Gasteiger partial charge is 0.462 e. The van der Waals surface area contributed by atoms with E-state index in [1.807, 2.05) is 14.1 Å². The number of furan rings is 1. The molecule has 2 aromatic heterocycles. The fourth-order valence-corrected chi connectivity index (χ4v) is 3.81. The van der Waals surface area contributed by atoms with Crippen molar-refractivity contribution >= 4 is 21.1 Å². The average Bonchev–Trinajstić information content (AvgIpc) is 3.08. The molecule has 0 bridgehead atoms. The highest BCUT2D eigenvalue weighted by Crippen LogP contribution is 2.27. The van der Waals surface area contributed by atoms with Gasteiger partial charge in [-0.25, -0.2) is 12.4 Å². The number of aromatic nitrogens is 1. The van der Waals surface area contributed by atoms with Crippen LogP contribution in [0.2, 0.25) is 0 Å². The molecule has 3 aromatic rings. The van der Waals surface area contributed by atoms with E-state index in [1.165, 1.54) is 10.2 Å². The highest BCUT2D eigenvalue weighted by Gasteiger charge is 2.22. The first-order valence-corrected chi connectivity index (χ1v) is 8.47. The van der Waals surface area contributed by atoms with Crippen molar-refractivity contribution in [1.29, 1.82) is 0 Å². The molecule has 2 heterocycles. The van der Waals surface area contributed by atoms with Crippen molar-refractivity contribution in [3.05, 3.63) is 54.4 Å². The van der Waals surface area contributed by atoms with Crippen LogP contribution in [0.15, 0.2) is 58.2 Å². The molecule has 0 aliphatic heterocycles. The average molecular weight is 318 g/mol. The molecule has 22 heavy (non-hydrogen) atoms. The van der Waals surface area contributed by atoms with Crippen molar-refractivity contribution in [3.8, 4) is 0 Å². The van der Waals surface area contributed by atoms with Crippen LogP contribution in [0.3, 0.4) is 0 Å². The van der Waals surface area contributed by atoms with E-state index in [1.54, 1.807) is 42.6 Å². The summed E-state index contributed by atoms with van der Waals surface area (Å²) in [6.45, 7) is 0.825. The molecule has 0 saturated heterocycles. The van der Waals surface area contributed by atoms with Gasteiger partial charge in [0.2, 0.25) is 0 Å². The fraction of sp³-hybridized carbons (Fsp3) is 0.250. The van der Waals surface area contributed by atoms with Crippen molar-refractivity contribution in [2.45, 2.75) is 11.3 Å². The maximum absolute atomic E-state index is 12.8. The van der Waals surface area contributed by atoms with Crippen molar-refractivity contribution < 1.29 is 12.8 Å². The van der Waals surface area contributed by atoms with Crippen LogP contribution in [-0.2, 0) is 16.4 Å². The standard InChI is InChI=1S/C16H18N2O3S/c1-17(2)10-8-13-12-18(15-9-11-21-16(13)15)22(19,20)14-6-4-3-5-7-14/h3-7,9,11-12H,8,10H2,1-2H3. The Balaban J connectivity index is 2.10. The lowest BCUT2D eigenvalue weighted by Crippen LogP contribution is -2.15. The minimum absolute atomic E-state index is 0.271. The number of hydrogen-bond donors (Lipinski definition) is 0. The van der Waals surface area contributed by atoms with Gasteiger partial charge >= 0.3 is 0 Å². The Morgan fingerprint density at radius 2 is 1.86 bits per heavy atom. The van der Waals surface area contributed by atoms with E-state index in [0.29, 0.717) is 11.1 Å². The van der Waals surface area contributed by atoms with Gasteiger partial charge < -0.3 is 9.32 Å². The Hall–Kier alpha value is -2.05. The minimum Gasteiger partial charge on any atom is -0.462 e. The molecule has 0 atom stereocenters. The summed E-state index contributed by atoms with van der Waals surface area (Å²) < 4.78 is 32.4. The summed E-state index contributed by atoms with van der Waals surface area (Å²) in [6, 6.07) is 10.1. The zero-order chi connectivity index (χ0) is 15.7. The van der Waals surface area contributed by atoms with E-state index in [0.717, 1.165) is 18.5 Å². The second-order valence-corrected chi connectivity index (χ2v) is 7.27. The van der Waals surface area contributed by atoms with Gasteiger partial charge in [0.15, 0.2) is 5.58 Å². The third-order valence-electron chi connectivity index (χ3n) is 3.57. The molecule has 0 radical (unpaired) electrons. The van der Waals surface area contributed by atoms with E-state index in [-0.39, 0.29) is 4.90 Å². The molecule has 0 saturated carbocycles. The lowest BCUT2D eigenvalue weighted by Gasteiger charge is -2.08. The minimum atomic E-state index is -3.61. The predicted molar refractivity (Wildman–Crippen MR) is 85.5 cm³/mol. The first-order chi connectivity index (χ1) is 10.5. The molecule has 0 spiro atoms. The highest BCUT2D eigenvalue weighted by atomic mass is 32.2. The van der Waals surface area contributed by atoms with E-state index in [4.69, 9.17) is 4.42 Å². The quantitative estimate of drug-likeness (QED) is 0.725. The lowest BCUT2D eigenvalue weighted by molar-refractivity contribution is 0.413. The first-order valence-electron chi connectivity index (χ1n) is 7.03. The van der Waals surface area contributed by atoms with Crippen molar-refractivity contribution in [2.75, 3.05) is 20.6 Å². The van der Waals surface area contributed by atoms with Crippen LogP contribution in [0.4, 0.5) is 0 Å². The summed E-state index contributed by atoms with van der Waals surface area (Å²) in [5, 5.41) is 0. The maximum atomic E-state index is 12.8. The molecule has 116 valence electrons. The molecule has 1 aromatic carbocycles. The molecule has 6 heteroatoms. The second kappa shape index (κ2) is 5.62. The Labute approximate surface area is 129 Å². The van der Waals surface area contributed by atoms with Crippen LogP contribution >= 0.6 is 0 Å². The Kier molecular flexibility index (Phi) is 3.80. The van der Waals surface area contributed by atoms with Crippen LogP contribution in [0, 0.1) is 0 Å². The van der Waals surface area contributed by atoms with Crippen LogP contribution in [-0.4, -0.2) is 37.9 Å². The number of rotatable bonds is 5. The summed E-state index contributed by atoms with van der Waals surface area (Å²) in [6.07, 6.45) is 3.93. The monoisotopic (exact) mass is 318 g/mol. The normalized spacial score (nSPS) is 12.3. The summed E-state index contributed by atoms with van der Waals surface area (Å²) in [5.41, 5.74) is 2.12.